The van der Waals surface area contributed by atoms with Gasteiger partial charge < -0.3 is 13.9 Å². The highest BCUT2D eigenvalue weighted by Gasteiger charge is 2.29. The normalized spacial score (nSPS) is 16.3. The van der Waals surface area contributed by atoms with Crippen LogP contribution < -0.4 is 9.64 Å². The maximum absolute atomic E-state index is 13.7. The van der Waals surface area contributed by atoms with Crippen molar-refractivity contribution in [3.8, 4) is 5.75 Å². The molecule has 1 saturated heterocycles. The van der Waals surface area contributed by atoms with Crippen LogP contribution in [0.5, 0.6) is 5.75 Å². The molecular weight excluding hydrogens is 419 g/mol. The van der Waals surface area contributed by atoms with Gasteiger partial charge in [0.1, 0.15) is 5.82 Å². The first-order chi connectivity index (χ1) is 15.1. The third-order valence-electron chi connectivity index (χ3n) is 5.24. The summed E-state index contributed by atoms with van der Waals surface area (Å²) in [6.45, 7) is 3.43. The predicted octanol–water partition coefficient (Wildman–Crippen LogP) is 5.41. The molecule has 4 aromatic rings. The number of carbonyl (C=O) groups is 1. The zero-order chi connectivity index (χ0) is 21.4. The van der Waals surface area contributed by atoms with Crippen LogP contribution in [0.25, 0.3) is 21.2 Å². The minimum atomic E-state index is -0.333. The number of halogens is 1. The van der Waals surface area contributed by atoms with Crippen LogP contribution in [0.3, 0.4) is 0 Å². The van der Waals surface area contributed by atoms with Crippen molar-refractivity contribution in [3.05, 3.63) is 54.0 Å². The molecule has 1 atom stereocenters. The lowest BCUT2D eigenvalue weighted by Gasteiger charge is -2.22. The van der Waals surface area contributed by atoms with Crippen molar-refractivity contribution in [3.63, 3.8) is 0 Å². The molecule has 0 radical (unpaired) electrons. The van der Waals surface area contributed by atoms with Crippen LogP contribution in [-0.2, 0) is 4.74 Å². The molecule has 0 N–H and O–H groups in total. The SMILES string of the molecule is CCOc1cccc2cc(C(=O)N(CC3CCCO3)c3nc4ccc(F)cc4s3)oc12. The molecule has 1 unspecified atom stereocenters. The Kier molecular flexibility index (Phi) is 5.33. The Hall–Kier alpha value is -2.97. The standard InChI is InChI=1S/C23H21FN2O4S/c1-2-28-18-7-3-5-14-11-19(30-21(14)18)22(27)26(13-16-6-4-10-29-16)23-25-17-9-8-15(24)12-20(17)31-23/h3,5,7-9,11-12,16H,2,4,6,10,13H2,1H3. The monoisotopic (exact) mass is 440 g/mol. The second-order valence-electron chi connectivity index (χ2n) is 7.38. The highest BCUT2D eigenvalue weighted by molar-refractivity contribution is 7.22. The summed E-state index contributed by atoms with van der Waals surface area (Å²) in [5.74, 6) is 0.153. The highest BCUT2D eigenvalue weighted by Crippen LogP contribution is 2.34. The number of thiazole rings is 1. The molecule has 1 aliphatic rings. The lowest BCUT2D eigenvalue weighted by atomic mass is 10.2. The van der Waals surface area contributed by atoms with Crippen LogP contribution >= 0.6 is 11.3 Å². The minimum absolute atomic E-state index is 0.0731. The summed E-state index contributed by atoms with van der Waals surface area (Å²) >= 11 is 1.28. The van der Waals surface area contributed by atoms with E-state index in [4.69, 9.17) is 13.9 Å². The minimum Gasteiger partial charge on any atom is -0.490 e. The van der Waals surface area contributed by atoms with E-state index in [0.29, 0.717) is 46.4 Å². The molecule has 31 heavy (non-hydrogen) atoms. The van der Waals surface area contributed by atoms with Gasteiger partial charge in [0.25, 0.3) is 5.91 Å². The average molecular weight is 440 g/mol. The molecular formula is C23H21FN2O4S. The van der Waals surface area contributed by atoms with E-state index in [2.05, 4.69) is 4.98 Å². The Morgan fingerprint density at radius 3 is 3.03 bits per heavy atom. The van der Waals surface area contributed by atoms with Gasteiger partial charge in [-0.3, -0.25) is 9.69 Å². The topological polar surface area (TPSA) is 64.8 Å². The van der Waals surface area contributed by atoms with Crippen molar-refractivity contribution in [2.24, 2.45) is 0 Å². The Bertz CT molecular complexity index is 1250. The van der Waals surface area contributed by atoms with Crippen LogP contribution in [0.15, 0.2) is 46.9 Å². The molecule has 0 aliphatic carbocycles. The molecule has 3 heterocycles. The van der Waals surface area contributed by atoms with E-state index >= 15 is 0 Å². The second-order valence-corrected chi connectivity index (χ2v) is 8.39. The van der Waals surface area contributed by atoms with Gasteiger partial charge in [-0.2, -0.15) is 0 Å². The number of hydrogen-bond donors (Lipinski definition) is 0. The lowest BCUT2D eigenvalue weighted by Crippen LogP contribution is -2.37. The number of furan rings is 1. The fourth-order valence-electron chi connectivity index (χ4n) is 3.79. The van der Waals surface area contributed by atoms with E-state index in [9.17, 15) is 9.18 Å². The van der Waals surface area contributed by atoms with Crippen molar-refractivity contribution >= 4 is 43.6 Å². The molecule has 1 fully saturated rings. The Morgan fingerprint density at radius 2 is 2.23 bits per heavy atom. The molecule has 1 aliphatic heterocycles. The van der Waals surface area contributed by atoms with Gasteiger partial charge in [-0.05, 0) is 50.1 Å². The van der Waals surface area contributed by atoms with Crippen molar-refractivity contribution in [2.45, 2.75) is 25.9 Å². The van der Waals surface area contributed by atoms with Gasteiger partial charge in [0.15, 0.2) is 22.2 Å². The number of nitrogens with zero attached hydrogens (tertiary/aromatic N) is 2. The summed E-state index contributed by atoms with van der Waals surface area (Å²) in [6.07, 6.45) is 1.76. The predicted molar refractivity (Wildman–Crippen MR) is 118 cm³/mol. The van der Waals surface area contributed by atoms with E-state index in [1.807, 2.05) is 25.1 Å². The molecule has 0 bridgehead atoms. The van der Waals surface area contributed by atoms with Crippen molar-refractivity contribution in [1.29, 1.82) is 0 Å². The third-order valence-corrected chi connectivity index (χ3v) is 6.29. The van der Waals surface area contributed by atoms with Gasteiger partial charge in [0, 0.05) is 12.0 Å². The summed E-state index contributed by atoms with van der Waals surface area (Å²) in [7, 11) is 0. The van der Waals surface area contributed by atoms with Crippen molar-refractivity contribution in [1.82, 2.24) is 4.98 Å². The van der Waals surface area contributed by atoms with Crippen LogP contribution in [0.1, 0.15) is 30.3 Å². The summed E-state index contributed by atoms with van der Waals surface area (Å²) in [4.78, 5) is 19.7. The number of rotatable bonds is 6. The number of anilines is 1. The average Bonchev–Trinajstić information content (AvgIpc) is 3.50. The Labute approximate surface area is 182 Å². The first-order valence-electron chi connectivity index (χ1n) is 10.3. The van der Waals surface area contributed by atoms with Crippen LogP contribution in [0.4, 0.5) is 9.52 Å². The lowest BCUT2D eigenvalue weighted by molar-refractivity contribution is 0.0896. The molecule has 2 aromatic carbocycles. The van der Waals surface area contributed by atoms with Gasteiger partial charge in [0.2, 0.25) is 0 Å². The maximum Gasteiger partial charge on any atom is 0.295 e. The molecule has 0 spiro atoms. The van der Waals surface area contributed by atoms with Gasteiger partial charge in [0.05, 0.1) is 29.5 Å². The number of benzene rings is 2. The summed E-state index contributed by atoms with van der Waals surface area (Å²) in [5, 5.41) is 1.28. The molecule has 160 valence electrons. The van der Waals surface area contributed by atoms with Crippen molar-refractivity contribution in [2.75, 3.05) is 24.7 Å². The molecule has 8 heteroatoms. The molecule has 5 rings (SSSR count). The van der Waals surface area contributed by atoms with E-state index in [1.165, 1.54) is 23.5 Å². The smallest absolute Gasteiger partial charge is 0.295 e. The summed E-state index contributed by atoms with van der Waals surface area (Å²) in [5.41, 5.74) is 1.19. The molecule has 2 aromatic heterocycles. The van der Waals surface area contributed by atoms with Gasteiger partial charge >= 0.3 is 0 Å². The van der Waals surface area contributed by atoms with Gasteiger partial charge in [-0.25, -0.2) is 9.37 Å². The zero-order valence-corrected chi connectivity index (χ0v) is 17.8. The van der Waals surface area contributed by atoms with Crippen LogP contribution in [0, 0.1) is 5.82 Å². The largest absolute Gasteiger partial charge is 0.490 e. The second kappa shape index (κ2) is 8.28. The first-order valence-corrected chi connectivity index (χ1v) is 11.1. The molecule has 6 nitrogen and oxygen atoms in total. The van der Waals surface area contributed by atoms with E-state index < -0.39 is 0 Å². The Balaban J connectivity index is 1.54. The third kappa shape index (κ3) is 3.88. The van der Waals surface area contributed by atoms with E-state index in [0.717, 1.165) is 18.2 Å². The van der Waals surface area contributed by atoms with Crippen molar-refractivity contribution < 1.29 is 23.1 Å². The number of ether oxygens (including phenoxy) is 2. The quantitative estimate of drug-likeness (QED) is 0.401. The maximum atomic E-state index is 13.7. The molecule has 0 saturated carbocycles. The van der Waals surface area contributed by atoms with Crippen LogP contribution in [-0.4, -0.2) is 36.8 Å². The zero-order valence-electron chi connectivity index (χ0n) is 17.0. The van der Waals surface area contributed by atoms with Gasteiger partial charge in [-0.15, -0.1) is 0 Å². The number of aromatic nitrogens is 1. The number of carbonyl (C=O) groups excluding carboxylic acids is 1. The molecule has 1 amide bonds. The summed E-state index contributed by atoms with van der Waals surface area (Å²) < 4.78 is 31.7. The first kappa shape index (κ1) is 20.0. The highest BCUT2D eigenvalue weighted by atomic mass is 32.1. The van der Waals surface area contributed by atoms with E-state index in [-0.39, 0.29) is 23.6 Å². The Morgan fingerprint density at radius 1 is 1.32 bits per heavy atom. The summed E-state index contributed by atoms with van der Waals surface area (Å²) in [6, 6.07) is 11.7. The number of para-hydroxylation sites is 1. The fraction of sp³-hybridized carbons (Fsp3) is 0.304. The van der Waals surface area contributed by atoms with E-state index in [1.54, 1.807) is 17.0 Å². The van der Waals surface area contributed by atoms with Gasteiger partial charge in [-0.1, -0.05) is 23.5 Å². The number of amides is 1. The van der Waals surface area contributed by atoms with Crippen LogP contribution in [0.2, 0.25) is 0 Å². The fourth-order valence-corrected chi connectivity index (χ4v) is 4.78. The number of hydrogen-bond acceptors (Lipinski definition) is 6. The number of fused-ring (bicyclic) bond motifs is 2.